The second kappa shape index (κ2) is 4.19. The molecule has 4 nitrogen and oxygen atoms in total. The van der Waals surface area contributed by atoms with Crippen molar-refractivity contribution in [2.45, 2.75) is 25.7 Å². The summed E-state index contributed by atoms with van der Waals surface area (Å²) in [6, 6.07) is 3.77. The number of aryl methyl sites for hydroxylation is 1. The van der Waals surface area contributed by atoms with Gasteiger partial charge in [-0.05, 0) is 31.9 Å². The van der Waals surface area contributed by atoms with E-state index in [4.69, 9.17) is 0 Å². The van der Waals surface area contributed by atoms with Gasteiger partial charge in [-0.3, -0.25) is 10.1 Å². The summed E-state index contributed by atoms with van der Waals surface area (Å²) < 4.78 is 0. The van der Waals surface area contributed by atoms with Crippen LogP contribution in [0, 0.1) is 6.92 Å². The Labute approximate surface area is 107 Å². The van der Waals surface area contributed by atoms with Gasteiger partial charge in [0.15, 0.2) is 0 Å². The van der Waals surface area contributed by atoms with Gasteiger partial charge in [0.1, 0.15) is 5.01 Å². The second-order valence-electron chi connectivity index (χ2n) is 4.08. The van der Waals surface area contributed by atoms with Crippen LogP contribution in [0.15, 0.2) is 12.1 Å². The molecule has 1 aliphatic carbocycles. The van der Waals surface area contributed by atoms with Crippen molar-refractivity contribution in [3.05, 3.63) is 26.9 Å². The van der Waals surface area contributed by atoms with Gasteiger partial charge in [-0.15, -0.1) is 21.5 Å². The number of aromatic nitrogens is 2. The van der Waals surface area contributed by atoms with E-state index in [1.165, 1.54) is 35.5 Å². The average molecular weight is 265 g/mol. The highest BCUT2D eigenvalue weighted by molar-refractivity contribution is 7.16. The molecule has 6 heteroatoms. The molecule has 0 aromatic carbocycles. The number of carbonyl (C=O) groups is 1. The SMILES string of the molecule is Cc1ccc(C(=O)Nc2nnc(C3CC3)s2)s1. The highest BCUT2D eigenvalue weighted by Crippen LogP contribution is 2.42. The van der Waals surface area contributed by atoms with Crippen LogP contribution in [0.25, 0.3) is 0 Å². The molecule has 0 bridgehead atoms. The summed E-state index contributed by atoms with van der Waals surface area (Å²) in [7, 11) is 0. The molecule has 88 valence electrons. The number of rotatable bonds is 3. The van der Waals surface area contributed by atoms with Crippen LogP contribution in [0.4, 0.5) is 5.13 Å². The molecule has 0 unspecified atom stereocenters. The average Bonchev–Trinajstić information content (AvgIpc) is 2.90. The molecule has 0 spiro atoms. The van der Waals surface area contributed by atoms with E-state index in [1.807, 2.05) is 19.1 Å². The number of anilines is 1. The molecule has 0 saturated heterocycles. The predicted molar refractivity (Wildman–Crippen MR) is 68.9 cm³/mol. The van der Waals surface area contributed by atoms with E-state index in [2.05, 4.69) is 15.5 Å². The van der Waals surface area contributed by atoms with E-state index in [0.717, 1.165) is 9.88 Å². The molecule has 1 amide bonds. The highest BCUT2D eigenvalue weighted by Gasteiger charge is 2.27. The molecular formula is C11H11N3OS2. The fraction of sp³-hybridized carbons (Fsp3) is 0.364. The van der Waals surface area contributed by atoms with E-state index >= 15 is 0 Å². The molecule has 0 radical (unpaired) electrons. The monoisotopic (exact) mass is 265 g/mol. The van der Waals surface area contributed by atoms with E-state index in [-0.39, 0.29) is 5.91 Å². The lowest BCUT2D eigenvalue weighted by molar-refractivity contribution is 0.103. The maximum absolute atomic E-state index is 11.9. The van der Waals surface area contributed by atoms with Crippen molar-refractivity contribution in [2.75, 3.05) is 5.32 Å². The zero-order valence-electron chi connectivity index (χ0n) is 9.27. The minimum atomic E-state index is -0.0957. The fourth-order valence-corrected chi connectivity index (χ4v) is 3.17. The van der Waals surface area contributed by atoms with E-state index in [9.17, 15) is 4.79 Å². The molecule has 1 aliphatic rings. The highest BCUT2D eigenvalue weighted by atomic mass is 32.1. The van der Waals surface area contributed by atoms with E-state index in [1.54, 1.807) is 0 Å². The number of nitrogens with zero attached hydrogens (tertiary/aromatic N) is 2. The van der Waals surface area contributed by atoms with Gasteiger partial charge in [0.2, 0.25) is 5.13 Å². The zero-order valence-corrected chi connectivity index (χ0v) is 10.9. The van der Waals surface area contributed by atoms with Crippen molar-refractivity contribution in [3.63, 3.8) is 0 Å². The summed E-state index contributed by atoms with van der Waals surface area (Å²) in [5.74, 6) is 0.490. The zero-order chi connectivity index (χ0) is 11.8. The van der Waals surface area contributed by atoms with Crippen molar-refractivity contribution in [2.24, 2.45) is 0 Å². The second-order valence-corrected chi connectivity index (χ2v) is 6.38. The van der Waals surface area contributed by atoms with E-state index in [0.29, 0.717) is 15.9 Å². The summed E-state index contributed by atoms with van der Waals surface area (Å²) in [5, 5.41) is 12.5. The van der Waals surface area contributed by atoms with Crippen LogP contribution in [-0.4, -0.2) is 16.1 Å². The minimum Gasteiger partial charge on any atom is -0.296 e. The molecular weight excluding hydrogens is 254 g/mol. The molecule has 2 aromatic rings. The van der Waals surface area contributed by atoms with Crippen LogP contribution in [0.2, 0.25) is 0 Å². The summed E-state index contributed by atoms with van der Waals surface area (Å²) >= 11 is 2.97. The summed E-state index contributed by atoms with van der Waals surface area (Å²) in [6.45, 7) is 1.98. The first-order chi connectivity index (χ1) is 8.22. The van der Waals surface area contributed by atoms with Crippen molar-refractivity contribution >= 4 is 33.7 Å². The quantitative estimate of drug-likeness (QED) is 0.928. The topological polar surface area (TPSA) is 54.9 Å². The molecule has 0 atom stereocenters. The predicted octanol–water partition coefficient (Wildman–Crippen LogP) is 3.04. The maximum atomic E-state index is 11.9. The molecule has 1 fully saturated rings. The summed E-state index contributed by atoms with van der Waals surface area (Å²) in [6.07, 6.45) is 2.40. The molecule has 3 rings (SSSR count). The Balaban J connectivity index is 1.71. The third-order valence-electron chi connectivity index (χ3n) is 2.55. The van der Waals surface area contributed by atoms with Gasteiger partial charge in [0, 0.05) is 10.8 Å². The van der Waals surface area contributed by atoms with Crippen molar-refractivity contribution in [3.8, 4) is 0 Å². The first-order valence-corrected chi connectivity index (χ1v) is 7.07. The van der Waals surface area contributed by atoms with Gasteiger partial charge in [0.05, 0.1) is 4.88 Å². The smallest absolute Gasteiger partial charge is 0.267 e. The summed E-state index contributed by atoms with van der Waals surface area (Å²) in [5.41, 5.74) is 0. The van der Waals surface area contributed by atoms with Crippen molar-refractivity contribution in [1.29, 1.82) is 0 Å². The van der Waals surface area contributed by atoms with Crippen molar-refractivity contribution < 1.29 is 4.79 Å². The number of carbonyl (C=O) groups excluding carboxylic acids is 1. The van der Waals surface area contributed by atoms with Crippen LogP contribution >= 0.6 is 22.7 Å². The minimum absolute atomic E-state index is 0.0957. The van der Waals surface area contributed by atoms with Gasteiger partial charge >= 0.3 is 0 Å². The third-order valence-corrected chi connectivity index (χ3v) is 4.55. The Morgan fingerprint density at radius 3 is 2.82 bits per heavy atom. The number of nitrogens with one attached hydrogen (secondary N) is 1. The first kappa shape index (κ1) is 10.9. The largest absolute Gasteiger partial charge is 0.296 e. The van der Waals surface area contributed by atoms with Crippen LogP contribution in [0.3, 0.4) is 0 Å². The van der Waals surface area contributed by atoms with E-state index < -0.39 is 0 Å². The number of hydrogen-bond acceptors (Lipinski definition) is 5. The normalized spacial score (nSPS) is 14.9. The van der Waals surface area contributed by atoms with Gasteiger partial charge in [-0.1, -0.05) is 11.3 Å². The Kier molecular flexibility index (Phi) is 2.68. The van der Waals surface area contributed by atoms with Gasteiger partial charge in [-0.25, -0.2) is 0 Å². The van der Waals surface area contributed by atoms with Crippen LogP contribution < -0.4 is 5.32 Å². The Hall–Kier alpha value is -1.27. The third kappa shape index (κ3) is 2.37. The van der Waals surface area contributed by atoms with Crippen LogP contribution in [-0.2, 0) is 0 Å². The molecule has 1 N–H and O–H groups in total. The Morgan fingerprint density at radius 1 is 1.35 bits per heavy atom. The standard InChI is InChI=1S/C11H11N3OS2/c1-6-2-5-8(16-6)9(15)12-11-14-13-10(17-11)7-3-4-7/h2,5,7H,3-4H2,1H3,(H,12,14,15). The summed E-state index contributed by atoms with van der Waals surface area (Å²) in [4.78, 5) is 13.7. The van der Waals surface area contributed by atoms with Gasteiger partial charge in [-0.2, -0.15) is 0 Å². The molecule has 0 aliphatic heterocycles. The first-order valence-electron chi connectivity index (χ1n) is 5.43. The molecule has 2 aromatic heterocycles. The lowest BCUT2D eigenvalue weighted by atomic mass is 10.4. The Bertz CT molecular complexity index is 557. The fourth-order valence-electron chi connectivity index (χ4n) is 1.50. The molecule has 17 heavy (non-hydrogen) atoms. The molecule has 2 heterocycles. The lowest BCUT2D eigenvalue weighted by Crippen LogP contribution is -2.09. The van der Waals surface area contributed by atoms with Crippen LogP contribution in [0.5, 0.6) is 0 Å². The van der Waals surface area contributed by atoms with Crippen molar-refractivity contribution in [1.82, 2.24) is 10.2 Å². The van der Waals surface area contributed by atoms with Gasteiger partial charge in [0.25, 0.3) is 5.91 Å². The molecule has 1 saturated carbocycles. The lowest BCUT2D eigenvalue weighted by Gasteiger charge is -1.96. The number of hydrogen-bond donors (Lipinski definition) is 1. The Morgan fingerprint density at radius 2 is 2.18 bits per heavy atom. The van der Waals surface area contributed by atoms with Gasteiger partial charge < -0.3 is 0 Å². The number of amides is 1. The maximum Gasteiger partial charge on any atom is 0.267 e. The number of thiophene rings is 1. The van der Waals surface area contributed by atoms with Crippen LogP contribution in [0.1, 0.15) is 38.3 Å².